The Labute approximate surface area is 151 Å². The number of benzene rings is 1. The normalized spacial score (nSPS) is 11.4. The maximum absolute atomic E-state index is 11.7. The van der Waals surface area contributed by atoms with E-state index in [0.717, 1.165) is 12.8 Å². The summed E-state index contributed by atoms with van der Waals surface area (Å²) < 4.78 is 5.16. The predicted octanol–water partition coefficient (Wildman–Crippen LogP) is 3.91. The molecule has 0 radical (unpaired) electrons. The molecule has 4 nitrogen and oxygen atoms in total. The summed E-state index contributed by atoms with van der Waals surface area (Å²) in [7, 11) is 0. The van der Waals surface area contributed by atoms with Crippen LogP contribution in [-0.4, -0.2) is 28.4 Å². The molecule has 2 unspecified atom stereocenters. The lowest BCUT2D eigenvalue weighted by atomic mass is 10.2. The summed E-state index contributed by atoms with van der Waals surface area (Å²) in [6.45, 7) is 7.48. The van der Waals surface area contributed by atoms with E-state index >= 15 is 0 Å². The van der Waals surface area contributed by atoms with Gasteiger partial charge in [-0.05, 0) is 26.0 Å². The Morgan fingerprint density at radius 1 is 1.04 bits per heavy atom. The first-order chi connectivity index (χ1) is 11.9. The number of hydrogen-bond acceptors (Lipinski definition) is 4. The number of phenols is 1. The molecule has 0 bridgehead atoms. The molecule has 0 saturated carbocycles. The number of hydrogen-bond donors (Lipinski definition) is 2. The second-order valence-electron chi connectivity index (χ2n) is 5.40. The van der Waals surface area contributed by atoms with Gasteiger partial charge in [0.15, 0.2) is 0 Å². The van der Waals surface area contributed by atoms with Crippen molar-refractivity contribution in [2.75, 3.05) is 0 Å². The lowest BCUT2D eigenvalue weighted by Gasteiger charge is -2.10. The van der Waals surface area contributed by atoms with Crippen LogP contribution in [0.2, 0.25) is 0 Å². The largest absolute Gasteiger partial charge is 0.507 e. The van der Waals surface area contributed by atoms with Gasteiger partial charge in [-0.3, -0.25) is 0 Å². The minimum Gasteiger partial charge on any atom is -0.507 e. The summed E-state index contributed by atoms with van der Waals surface area (Å²) >= 11 is 0. The number of aliphatic hydroxyl groups excluding tert-OH is 1. The molecule has 0 aliphatic rings. The molecule has 0 aliphatic heterocycles. The van der Waals surface area contributed by atoms with E-state index < -0.39 is 5.97 Å². The predicted molar refractivity (Wildman–Crippen MR) is 100 cm³/mol. The molecule has 0 saturated heterocycles. The molecule has 0 amide bonds. The first-order valence-electron chi connectivity index (χ1n) is 8.50. The number of aromatic hydroxyl groups is 1. The highest BCUT2D eigenvalue weighted by atomic mass is 16.5. The summed E-state index contributed by atoms with van der Waals surface area (Å²) in [6, 6.07) is 6.32. The monoisotopic (exact) mass is 344 g/mol. The van der Waals surface area contributed by atoms with Crippen LogP contribution >= 0.6 is 0 Å². The summed E-state index contributed by atoms with van der Waals surface area (Å²) in [5, 5.41) is 18.2. The van der Waals surface area contributed by atoms with Crippen LogP contribution in [0.3, 0.4) is 0 Å². The van der Waals surface area contributed by atoms with Gasteiger partial charge in [0.2, 0.25) is 0 Å². The Morgan fingerprint density at radius 2 is 1.60 bits per heavy atom. The van der Waals surface area contributed by atoms with E-state index in [1.807, 2.05) is 13.8 Å². The molecule has 4 heteroatoms. The lowest BCUT2D eigenvalue weighted by Crippen LogP contribution is -2.14. The van der Waals surface area contributed by atoms with Gasteiger partial charge in [0.05, 0.1) is 6.10 Å². The van der Waals surface area contributed by atoms with Crippen LogP contribution < -0.4 is 0 Å². The summed E-state index contributed by atoms with van der Waals surface area (Å²) in [6.07, 6.45) is 2.24. The van der Waals surface area contributed by atoms with Crippen LogP contribution in [0, 0.1) is 23.7 Å². The van der Waals surface area contributed by atoms with Crippen LogP contribution in [0.4, 0.5) is 0 Å². The van der Waals surface area contributed by atoms with Crippen LogP contribution in [0.1, 0.15) is 63.7 Å². The Bertz CT molecular complexity index is 627. The molecular weight excluding hydrogens is 316 g/mol. The molecule has 2 N–H and O–H groups in total. The van der Waals surface area contributed by atoms with E-state index in [2.05, 4.69) is 23.7 Å². The highest BCUT2D eigenvalue weighted by Crippen LogP contribution is 2.17. The molecule has 2 atom stereocenters. The third-order valence-corrected chi connectivity index (χ3v) is 2.82. The van der Waals surface area contributed by atoms with Crippen molar-refractivity contribution >= 4 is 5.97 Å². The fourth-order valence-corrected chi connectivity index (χ4v) is 1.62. The van der Waals surface area contributed by atoms with E-state index in [1.54, 1.807) is 26.0 Å². The SMILES string of the molecule is CCC#CCC(C)O.CCC#CCC(C)OC(=O)c1ccccc1O. The molecule has 0 heterocycles. The zero-order valence-electron chi connectivity index (χ0n) is 15.5. The molecule has 0 aromatic heterocycles. The Balaban J connectivity index is 0.000000609. The van der Waals surface area contributed by atoms with Gasteiger partial charge in [0.1, 0.15) is 17.4 Å². The van der Waals surface area contributed by atoms with E-state index in [9.17, 15) is 9.90 Å². The second kappa shape index (κ2) is 14.0. The summed E-state index contributed by atoms with van der Waals surface area (Å²) in [5.41, 5.74) is 0.183. The number of ether oxygens (including phenoxy) is 1. The lowest BCUT2D eigenvalue weighted by molar-refractivity contribution is 0.0349. The highest BCUT2D eigenvalue weighted by Gasteiger charge is 2.14. The molecule has 1 rings (SSSR count). The molecule has 0 aliphatic carbocycles. The average molecular weight is 344 g/mol. The average Bonchev–Trinajstić information content (AvgIpc) is 2.56. The number of aliphatic hydroxyl groups is 1. The highest BCUT2D eigenvalue weighted by molar-refractivity contribution is 5.92. The van der Waals surface area contributed by atoms with Gasteiger partial charge in [-0.25, -0.2) is 4.79 Å². The minimum atomic E-state index is -0.520. The van der Waals surface area contributed by atoms with Crippen molar-refractivity contribution in [1.29, 1.82) is 0 Å². The number of phenolic OH excluding ortho intramolecular Hbond substituents is 1. The van der Waals surface area contributed by atoms with Crippen LogP contribution in [-0.2, 0) is 4.74 Å². The maximum atomic E-state index is 11.7. The van der Waals surface area contributed by atoms with Crippen LogP contribution in [0.15, 0.2) is 24.3 Å². The van der Waals surface area contributed by atoms with Crippen molar-refractivity contribution in [3.8, 4) is 29.4 Å². The standard InChI is InChI=1S/C14H16O3.C7H12O/c1-3-4-5-8-11(2)17-14(16)12-9-6-7-10-13(12)15;1-3-4-5-6-7(2)8/h6-7,9-11,15H,3,8H2,1-2H3;7-8H,3,6H2,1-2H3. The van der Waals surface area contributed by atoms with Gasteiger partial charge in [-0.2, -0.15) is 0 Å². The summed E-state index contributed by atoms with van der Waals surface area (Å²) in [5.74, 6) is 10.9. The zero-order valence-corrected chi connectivity index (χ0v) is 15.5. The Kier molecular flexibility index (Phi) is 12.6. The number of rotatable bonds is 4. The smallest absolute Gasteiger partial charge is 0.342 e. The number of carbonyl (C=O) groups is 1. The van der Waals surface area contributed by atoms with Crippen molar-refractivity contribution in [3.63, 3.8) is 0 Å². The molecule has 0 fully saturated rings. The Morgan fingerprint density at radius 3 is 2.12 bits per heavy atom. The van der Waals surface area contributed by atoms with Gasteiger partial charge in [0, 0.05) is 25.7 Å². The first-order valence-corrected chi connectivity index (χ1v) is 8.50. The van der Waals surface area contributed by atoms with Crippen LogP contribution in [0.25, 0.3) is 0 Å². The molecule has 136 valence electrons. The third kappa shape index (κ3) is 11.7. The first kappa shape index (κ1) is 22.6. The van der Waals surface area contributed by atoms with Crippen molar-refractivity contribution in [1.82, 2.24) is 0 Å². The Hall–Kier alpha value is -2.43. The third-order valence-electron chi connectivity index (χ3n) is 2.82. The van der Waals surface area contributed by atoms with Gasteiger partial charge in [-0.15, -0.1) is 17.8 Å². The van der Waals surface area contributed by atoms with Crippen LogP contribution in [0.5, 0.6) is 5.75 Å². The fourth-order valence-electron chi connectivity index (χ4n) is 1.62. The molecule has 1 aromatic carbocycles. The second-order valence-corrected chi connectivity index (χ2v) is 5.40. The molecule has 1 aromatic rings. The van der Waals surface area contributed by atoms with E-state index in [1.165, 1.54) is 12.1 Å². The van der Waals surface area contributed by atoms with E-state index in [0.29, 0.717) is 12.8 Å². The van der Waals surface area contributed by atoms with Crippen molar-refractivity contribution in [3.05, 3.63) is 29.8 Å². The molecule has 0 spiro atoms. The quantitative estimate of drug-likeness (QED) is 0.642. The van der Waals surface area contributed by atoms with E-state index in [-0.39, 0.29) is 23.5 Å². The van der Waals surface area contributed by atoms with Gasteiger partial charge < -0.3 is 14.9 Å². The topological polar surface area (TPSA) is 66.8 Å². The van der Waals surface area contributed by atoms with Gasteiger partial charge >= 0.3 is 5.97 Å². The minimum absolute atomic E-state index is 0.0654. The number of esters is 1. The summed E-state index contributed by atoms with van der Waals surface area (Å²) in [4.78, 5) is 11.7. The fraction of sp³-hybridized carbons (Fsp3) is 0.476. The van der Waals surface area contributed by atoms with Crippen molar-refractivity contribution < 1.29 is 19.7 Å². The van der Waals surface area contributed by atoms with Gasteiger partial charge in [0.25, 0.3) is 0 Å². The maximum Gasteiger partial charge on any atom is 0.342 e. The number of para-hydroxylation sites is 1. The van der Waals surface area contributed by atoms with E-state index in [4.69, 9.17) is 9.84 Å². The number of carbonyl (C=O) groups excluding carboxylic acids is 1. The zero-order chi connectivity index (χ0) is 19.1. The van der Waals surface area contributed by atoms with Crippen molar-refractivity contribution in [2.24, 2.45) is 0 Å². The molecular formula is C21H28O4. The van der Waals surface area contributed by atoms with Crippen molar-refractivity contribution in [2.45, 2.75) is 65.6 Å². The van der Waals surface area contributed by atoms with Gasteiger partial charge in [-0.1, -0.05) is 31.9 Å². The molecule has 25 heavy (non-hydrogen) atoms.